The molecule has 0 aromatic heterocycles. The van der Waals surface area contributed by atoms with E-state index in [1.54, 1.807) is 12.1 Å². The summed E-state index contributed by atoms with van der Waals surface area (Å²) in [5, 5.41) is -0.744. The second kappa shape index (κ2) is 13.8. The minimum atomic E-state index is -0.744. The highest BCUT2D eigenvalue weighted by Gasteiger charge is 2.28. The maximum Gasteiger partial charge on any atom is 0.330 e. The van der Waals surface area contributed by atoms with Gasteiger partial charge in [-0.3, -0.25) is 4.79 Å². The van der Waals surface area contributed by atoms with Crippen LogP contribution < -0.4 is 9.47 Å². The molecular weight excluding hydrogens is 444 g/mol. The minimum Gasteiger partial charge on any atom is -0.494 e. The van der Waals surface area contributed by atoms with Crippen molar-refractivity contribution in [3.8, 4) is 22.6 Å². The van der Waals surface area contributed by atoms with E-state index < -0.39 is 11.3 Å². The Morgan fingerprint density at radius 3 is 1.94 bits per heavy atom. The Kier molecular flexibility index (Phi) is 10.5. The molecule has 0 amide bonds. The average molecular weight is 479 g/mol. The number of carbonyl (C=O) groups is 1. The van der Waals surface area contributed by atoms with Gasteiger partial charge in [0.15, 0.2) is 0 Å². The van der Waals surface area contributed by atoms with Gasteiger partial charge in [-0.25, -0.2) is 0 Å². The van der Waals surface area contributed by atoms with Crippen molar-refractivity contribution in [2.75, 3.05) is 6.61 Å². The summed E-state index contributed by atoms with van der Waals surface area (Å²) < 4.78 is 11.4. The Labute approximate surface area is 209 Å². The number of alkyl halides is 1. The summed E-state index contributed by atoms with van der Waals surface area (Å²) in [4.78, 5) is 12.7. The fourth-order valence-corrected chi connectivity index (χ4v) is 4.37. The predicted molar refractivity (Wildman–Crippen MR) is 141 cm³/mol. The molecule has 3 aromatic carbocycles. The van der Waals surface area contributed by atoms with E-state index >= 15 is 0 Å². The van der Waals surface area contributed by atoms with Crippen LogP contribution in [0.3, 0.4) is 0 Å². The van der Waals surface area contributed by atoms with Crippen LogP contribution in [0.2, 0.25) is 0 Å². The topological polar surface area (TPSA) is 35.5 Å². The Balaban J connectivity index is 1.53. The van der Waals surface area contributed by atoms with E-state index in [2.05, 4.69) is 6.92 Å². The first-order valence-electron chi connectivity index (χ1n) is 12.4. The molecule has 0 bridgehead atoms. The van der Waals surface area contributed by atoms with Crippen LogP contribution >= 0.6 is 11.6 Å². The quantitative estimate of drug-likeness (QED) is 0.107. The Bertz CT molecular complexity index is 984. The molecule has 4 heteroatoms. The van der Waals surface area contributed by atoms with Gasteiger partial charge in [-0.1, -0.05) is 94.1 Å². The number of benzene rings is 3. The number of ether oxygens (including phenoxy) is 2. The number of unbranched alkanes of at least 4 members (excludes halogenated alkanes) is 4. The van der Waals surface area contributed by atoms with Crippen molar-refractivity contribution in [1.29, 1.82) is 0 Å². The molecule has 0 spiro atoms. The Hall–Kier alpha value is -2.78. The highest BCUT2D eigenvalue weighted by atomic mass is 35.5. The molecule has 2 atom stereocenters. The molecule has 180 valence electrons. The van der Waals surface area contributed by atoms with E-state index in [0.717, 1.165) is 41.9 Å². The molecule has 0 heterocycles. The molecule has 0 saturated heterocycles. The maximum absolute atomic E-state index is 12.7. The standard InChI is InChI=1S/C30H35ClO3/c1-3-5-6-7-11-22-33-26-18-14-23(15-19-26)24-16-20-27(21-17-24)34-30(32)29(31)28(4-2)25-12-9-8-10-13-25/h8-10,12-21,28-29H,3-7,11,22H2,1-2H3. The third-order valence-electron chi connectivity index (χ3n) is 6.02. The summed E-state index contributed by atoms with van der Waals surface area (Å²) in [5.41, 5.74) is 3.17. The molecule has 0 radical (unpaired) electrons. The molecule has 0 aliphatic rings. The largest absolute Gasteiger partial charge is 0.494 e. The van der Waals surface area contributed by atoms with Gasteiger partial charge >= 0.3 is 5.97 Å². The molecule has 0 fully saturated rings. The van der Waals surface area contributed by atoms with Crippen LogP contribution in [0.4, 0.5) is 0 Å². The van der Waals surface area contributed by atoms with Crippen LogP contribution in [0.5, 0.6) is 11.5 Å². The predicted octanol–water partition coefficient (Wildman–Crippen LogP) is 8.41. The van der Waals surface area contributed by atoms with E-state index in [1.165, 1.54) is 25.7 Å². The summed E-state index contributed by atoms with van der Waals surface area (Å²) in [6.45, 7) is 5.01. The Morgan fingerprint density at radius 2 is 1.35 bits per heavy atom. The van der Waals surface area contributed by atoms with Crippen molar-refractivity contribution < 1.29 is 14.3 Å². The lowest BCUT2D eigenvalue weighted by atomic mass is 9.93. The fourth-order valence-electron chi connectivity index (χ4n) is 4.00. The highest BCUT2D eigenvalue weighted by molar-refractivity contribution is 6.30. The van der Waals surface area contributed by atoms with Gasteiger partial charge in [-0.15, -0.1) is 11.6 Å². The van der Waals surface area contributed by atoms with Crippen LogP contribution in [0.25, 0.3) is 11.1 Å². The van der Waals surface area contributed by atoms with E-state index in [4.69, 9.17) is 21.1 Å². The zero-order chi connectivity index (χ0) is 24.2. The third kappa shape index (κ3) is 7.63. The van der Waals surface area contributed by atoms with Crippen LogP contribution in [0.15, 0.2) is 78.9 Å². The summed E-state index contributed by atoms with van der Waals surface area (Å²) in [5.74, 6) is 0.861. The first-order chi connectivity index (χ1) is 16.6. The number of carbonyl (C=O) groups excluding carboxylic acids is 1. The Morgan fingerprint density at radius 1 is 0.765 bits per heavy atom. The second-order valence-electron chi connectivity index (χ2n) is 8.56. The monoisotopic (exact) mass is 478 g/mol. The fraction of sp³-hybridized carbons (Fsp3) is 0.367. The number of esters is 1. The second-order valence-corrected chi connectivity index (χ2v) is 9.03. The zero-order valence-corrected chi connectivity index (χ0v) is 21.0. The number of rotatable bonds is 13. The molecule has 2 unspecified atom stereocenters. The summed E-state index contributed by atoms with van der Waals surface area (Å²) in [7, 11) is 0. The van der Waals surface area contributed by atoms with Gasteiger partial charge in [-0.2, -0.15) is 0 Å². The van der Waals surface area contributed by atoms with E-state index in [9.17, 15) is 4.79 Å². The molecule has 0 saturated carbocycles. The van der Waals surface area contributed by atoms with Gasteiger partial charge in [0.25, 0.3) is 0 Å². The SMILES string of the molecule is CCCCCCCOc1ccc(-c2ccc(OC(=O)C(Cl)C(CC)c3ccccc3)cc2)cc1. The van der Waals surface area contributed by atoms with Crippen LogP contribution in [-0.2, 0) is 4.79 Å². The number of hydrogen-bond donors (Lipinski definition) is 0. The number of halogens is 1. The van der Waals surface area contributed by atoms with Crippen LogP contribution in [0, 0.1) is 0 Å². The average Bonchev–Trinajstić information content (AvgIpc) is 2.88. The first-order valence-corrected chi connectivity index (χ1v) is 12.8. The lowest BCUT2D eigenvalue weighted by Crippen LogP contribution is -2.27. The van der Waals surface area contributed by atoms with Gasteiger partial charge < -0.3 is 9.47 Å². The lowest BCUT2D eigenvalue weighted by Gasteiger charge is -2.20. The zero-order valence-electron chi connectivity index (χ0n) is 20.2. The van der Waals surface area contributed by atoms with E-state index in [-0.39, 0.29) is 5.92 Å². The minimum absolute atomic E-state index is 0.0910. The molecule has 34 heavy (non-hydrogen) atoms. The molecule has 3 rings (SSSR count). The highest BCUT2D eigenvalue weighted by Crippen LogP contribution is 2.29. The van der Waals surface area contributed by atoms with Crippen molar-refractivity contribution in [2.24, 2.45) is 0 Å². The van der Waals surface area contributed by atoms with Crippen molar-refractivity contribution in [2.45, 2.75) is 63.7 Å². The van der Waals surface area contributed by atoms with Crippen molar-refractivity contribution in [1.82, 2.24) is 0 Å². The van der Waals surface area contributed by atoms with Crippen molar-refractivity contribution in [3.63, 3.8) is 0 Å². The molecule has 0 aliphatic carbocycles. The van der Waals surface area contributed by atoms with Crippen molar-refractivity contribution >= 4 is 17.6 Å². The van der Waals surface area contributed by atoms with E-state index in [1.807, 2.05) is 73.7 Å². The van der Waals surface area contributed by atoms with E-state index in [0.29, 0.717) is 5.75 Å². The molecule has 3 nitrogen and oxygen atoms in total. The molecule has 3 aromatic rings. The van der Waals surface area contributed by atoms with Crippen molar-refractivity contribution in [3.05, 3.63) is 84.4 Å². The molecule has 0 aliphatic heterocycles. The molecular formula is C30H35ClO3. The third-order valence-corrected chi connectivity index (χ3v) is 6.51. The van der Waals surface area contributed by atoms with Gasteiger partial charge in [0, 0.05) is 5.92 Å². The van der Waals surface area contributed by atoms with Gasteiger partial charge in [-0.05, 0) is 53.8 Å². The lowest BCUT2D eigenvalue weighted by molar-refractivity contribution is -0.134. The summed E-state index contributed by atoms with van der Waals surface area (Å²) >= 11 is 6.51. The maximum atomic E-state index is 12.7. The number of hydrogen-bond acceptors (Lipinski definition) is 3. The first kappa shape index (κ1) is 25.8. The molecule has 0 N–H and O–H groups in total. The van der Waals surface area contributed by atoms with Gasteiger partial charge in [0.05, 0.1) is 6.61 Å². The van der Waals surface area contributed by atoms with Gasteiger partial charge in [0.1, 0.15) is 16.9 Å². The smallest absolute Gasteiger partial charge is 0.330 e. The summed E-state index contributed by atoms with van der Waals surface area (Å²) in [6.07, 6.45) is 6.90. The normalized spacial score (nSPS) is 12.7. The summed E-state index contributed by atoms with van der Waals surface area (Å²) in [6, 6.07) is 25.5. The van der Waals surface area contributed by atoms with Crippen LogP contribution in [0.1, 0.15) is 63.9 Å². The van der Waals surface area contributed by atoms with Crippen LogP contribution in [-0.4, -0.2) is 18.0 Å². The van der Waals surface area contributed by atoms with Gasteiger partial charge in [0.2, 0.25) is 0 Å².